The molecule has 3 amide bonds. The summed E-state index contributed by atoms with van der Waals surface area (Å²) in [7, 11) is 0. The largest absolute Gasteiger partial charge is 0.489 e. The first-order valence-electron chi connectivity index (χ1n) is 12.0. The Morgan fingerprint density at radius 3 is 2.45 bits per heavy atom. The van der Waals surface area contributed by atoms with Crippen LogP contribution in [0.4, 0.5) is 18.9 Å². The van der Waals surface area contributed by atoms with Gasteiger partial charge in [-0.3, -0.25) is 14.4 Å². The molecule has 38 heavy (non-hydrogen) atoms. The van der Waals surface area contributed by atoms with Crippen LogP contribution in [0.2, 0.25) is 10.0 Å². The van der Waals surface area contributed by atoms with Crippen LogP contribution in [0, 0.1) is 5.41 Å². The van der Waals surface area contributed by atoms with Crippen molar-refractivity contribution >= 4 is 46.6 Å². The third kappa shape index (κ3) is 5.56. The molecule has 1 saturated carbocycles. The van der Waals surface area contributed by atoms with Crippen LogP contribution in [0.3, 0.4) is 0 Å². The van der Waals surface area contributed by atoms with Crippen LogP contribution in [0.15, 0.2) is 42.5 Å². The Morgan fingerprint density at radius 1 is 1.16 bits per heavy atom. The number of nitrogens with one attached hydrogen (secondary N) is 2. The molecule has 2 N–H and O–H groups in total. The lowest BCUT2D eigenvalue weighted by Crippen LogP contribution is -2.58. The quantitative estimate of drug-likeness (QED) is 0.505. The fraction of sp³-hybridized carbons (Fsp3) is 0.423. The molecule has 1 aliphatic carbocycles. The standard InChI is InChI=1S/C26H26Cl2F3N3O4/c1-14(2)34-20-8-7-16(27)12-21(20)38-13-19(23(34)36)32-22(35)18(11-15-5-3-4-6-17(15)28)33-24(37)25(9-10-25)26(29,30)31/h3-8,12,14,18-19H,9-11,13H2,1-2H3,(H,32,35)(H,33,37)/t18-,19-/m1/s1. The molecular formula is C26H26Cl2F3N3O4. The lowest BCUT2D eigenvalue weighted by atomic mass is 10.0. The number of alkyl halides is 3. The Labute approximate surface area is 227 Å². The van der Waals surface area contributed by atoms with E-state index in [-0.39, 0.29) is 36.9 Å². The number of amides is 3. The number of carbonyl (C=O) groups is 3. The van der Waals surface area contributed by atoms with Crippen molar-refractivity contribution < 1.29 is 32.3 Å². The Morgan fingerprint density at radius 2 is 1.84 bits per heavy atom. The fourth-order valence-corrected chi connectivity index (χ4v) is 4.77. The van der Waals surface area contributed by atoms with Gasteiger partial charge in [-0.1, -0.05) is 41.4 Å². The molecular weight excluding hydrogens is 546 g/mol. The van der Waals surface area contributed by atoms with Crippen LogP contribution < -0.4 is 20.3 Å². The zero-order chi connectivity index (χ0) is 27.8. The molecule has 2 aromatic rings. The summed E-state index contributed by atoms with van der Waals surface area (Å²) in [6.07, 6.45) is -5.65. The van der Waals surface area contributed by atoms with Crippen LogP contribution in [0.1, 0.15) is 32.3 Å². The summed E-state index contributed by atoms with van der Waals surface area (Å²) >= 11 is 12.3. The van der Waals surface area contributed by atoms with Crippen molar-refractivity contribution in [3.8, 4) is 5.75 Å². The summed E-state index contributed by atoms with van der Waals surface area (Å²) in [4.78, 5) is 41.1. The highest BCUT2D eigenvalue weighted by molar-refractivity contribution is 6.31. The van der Waals surface area contributed by atoms with E-state index in [1.165, 1.54) is 4.90 Å². The first-order chi connectivity index (χ1) is 17.8. The van der Waals surface area contributed by atoms with Crippen LogP contribution in [-0.2, 0) is 20.8 Å². The maximum atomic E-state index is 13.6. The van der Waals surface area contributed by atoms with Crippen molar-refractivity contribution in [2.45, 2.75) is 57.4 Å². The molecule has 0 spiro atoms. The molecule has 1 heterocycles. The molecule has 4 rings (SSSR count). The number of rotatable bonds is 7. The molecule has 0 bridgehead atoms. The SMILES string of the molecule is CC(C)N1C(=O)[C@H](NC(=O)[C@@H](Cc2ccccc2Cl)NC(=O)C2(C(F)(F)F)CC2)COc2cc(Cl)ccc21. The normalized spacial score (nSPS) is 19.2. The Bertz CT molecular complexity index is 1250. The van der Waals surface area contributed by atoms with Crippen molar-refractivity contribution in [1.82, 2.24) is 10.6 Å². The third-order valence-electron chi connectivity index (χ3n) is 6.69. The molecule has 2 atom stereocenters. The van der Waals surface area contributed by atoms with Gasteiger partial charge in [0.15, 0.2) is 0 Å². The van der Waals surface area contributed by atoms with Crippen LogP contribution in [-0.4, -0.2) is 48.6 Å². The number of anilines is 1. The number of nitrogens with zero attached hydrogens (tertiary/aromatic N) is 1. The Balaban J connectivity index is 1.59. The van der Waals surface area contributed by atoms with E-state index in [0.29, 0.717) is 22.0 Å². The highest BCUT2D eigenvalue weighted by Gasteiger charge is 2.68. The number of fused-ring (bicyclic) bond motifs is 1. The van der Waals surface area contributed by atoms with Crippen molar-refractivity contribution in [3.63, 3.8) is 0 Å². The predicted octanol–water partition coefficient (Wildman–Crippen LogP) is 4.68. The lowest BCUT2D eigenvalue weighted by molar-refractivity contribution is -0.192. The average Bonchev–Trinajstić information content (AvgIpc) is 3.66. The van der Waals surface area contributed by atoms with E-state index < -0.39 is 41.4 Å². The molecule has 12 heteroatoms. The van der Waals surface area contributed by atoms with E-state index >= 15 is 0 Å². The van der Waals surface area contributed by atoms with Crippen LogP contribution in [0.25, 0.3) is 0 Å². The van der Waals surface area contributed by atoms with Crippen molar-refractivity contribution in [2.75, 3.05) is 11.5 Å². The second-order valence-electron chi connectivity index (χ2n) is 9.69. The number of halogens is 5. The van der Waals surface area contributed by atoms with Gasteiger partial charge in [0.2, 0.25) is 11.8 Å². The molecule has 2 aromatic carbocycles. The molecule has 0 saturated heterocycles. The second-order valence-corrected chi connectivity index (χ2v) is 10.5. The van der Waals surface area contributed by atoms with Gasteiger partial charge in [-0.25, -0.2) is 0 Å². The molecule has 0 radical (unpaired) electrons. The first-order valence-corrected chi connectivity index (χ1v) is 12.8. The molecule has 7 nitrogen and oxygen atoms in total. The van der Waals surface area contributed by atoms with Crippen LogP contribution in [0.5, 0.6) is 5.75 Å². The third-order valence-corrected chi connectivity index (χ3v) is 7.29. The van der Waals surface area contributed by atoms with Gasteiger partial charge in [0.25, 0.3) is 5.91 Å². The van der Waals surface area contributed by atoms with Gasteiger partial charge in [-0.15, -0.1) is 0 Å². The highest BCUT2D eigenvalue weighted by atomic mass is 35.5. The van der Waals surface area contributed by atoms with Crippen molar-refractivity contribution in [1.29, 1.82) is 0 Å². The second kappa shape index (κ2) is 10.6. The average molecular weight is 572 g/mol. The highest BCUT2D eigenvalue weighted by Crippen LogP contribution is 2.57. The summed E-state index contributed by atoms with van der Waals surface area (Å²) in [6.45, 7) is 3.32. The van der Waals surface area contributed by atoms with Gasteiger partial charge in [0, 0.05) is 28.6 Å². The summed E-state index contributed by atoms with van der Waals surface area (Å²) in [5.41, 5.74) is -1.61. The summed E-state index contributed by atoms with van der Waals surface area (Å²) in [5.74, 6) is -2.26. The van der Waals surface area contributed by atoms with Crippen LogP contribution >= 0.6 is 23.2 Å². The molecule has 0 aromatic heterocycles. The monoisotopic (exact) mass is 571 g/mol. The number of benzene rings is 2. The van der Waals surface area contributed by atoms with Gasteiger partial charge in [0.05, 0.1) is 5.69 Å². The van der Waals surface area contributed by atoms with Crippen molar-refractivity contribution in [3.05, 3.63) is 58.1 Å². The van der Waals surface area contributed by atoms with Gasteiger partial charge < -0.3 is 20.3 Å². The molecule has 2 aliphatic rings. The minimum atomic E-state index is -4.75. The molecule has 1 aliphatic heterocycles. The topological polar surface area (TPSA) is 87.7 Å². The van der Waals surface area contributed by atoms with E-state index in [2.05, 4.69) is 10.6 Å². The summed E-state index contributed by atoms with van der Waals surface area (Å²) < 4.78 is 46.5. The minimum absolute atomic E-state index is 0.184. The van der Waals surface area contributed by atoms with Gasteiger partial charge in [-0.05, 0) is 50.5 Å². The molecule has 204 valence electrons. The van der Waals surface area contributed by atoms with E-state index in [9.17, 15) is 27.6 Å². The predicted molar refractivity (Wildman–Crippen MR) is 136 cm³/mol. The number of hydrogen-bond acceptors (Lipinski definition) is 4. The van der Waals surface area contributed by atoms with E-state index in [1.54, 1.807) is 56.3 Å². The summed E-state index contributed by atoms with van der Waals surface area (Å²) in [6, 6.07) is 8.35. The fourth-order valence-electron chi connectivity index (χ4n) is 4.40. The number of hydrogen-bond donors (Lipinski definition) is 2. The van der Waals surface area contributed by atoms with E-state index in [4.69, 9.17) is 27.9 Å². The number of carbonyl (C=O) groups excluding carboxylic acids is 3. The molecule has 0 unspecified atom stereocenters. The van der Waals surface area contributed by atoms with E-state index in [0.717, 1.165) is 0 Å². The lowest BCUT2D eigenvalue weighted by Gasteiger charge is -2.29. The Hall–Kier alpha value is -2.98. The minimum Gasteiger partial charge on any atom is -0.489 e. The number of ether oxygens (including phenoxy) is 1. The zero-order valence-electron chi connectivity index (χ0n) is 20.6. The summed E-state index contributed by atoms with van der Waals surface area (Å²) in [5, 5.41) is 5.51. The first kappa shape index (κ1) is 28.0. The maximum Gasteiger partial charge on any atom is 0.403 e. The van der Waals surface area contributed by atoms with Gasteiger partial charge in [-0.2, -0.15) is 13.2 Å². The van der Waals surface area contributed by atoms with E-state index in [1.807, 2.05) is 0 Å². The van der Waals surface area contributed by atoms with Gasteiger partial charge >= 0.3 is 6.18 Å². The smallest absolute Gasteiger partial charge is 0.403 e. The molecule has 1 fully saturated rings. The van der Waals surface area contributed by atoms with Crippen molar-refractivity contribution in [2.24, 2.45) is 5.41 Å². The zero-order valence-corrected chi connectivity index (χ0v) is 22.1. The van der Waals surface area contributed by atoms with Gasteiger partial charge in [0.1, 0.15) is 29.9 Å². The maximum absolute atomic E-state index is 13.6. The Kier molecular flexibility index (Phi) is 7.86.